The fraction of sp³-hybridized carbons (Fsp3) is 0.571. The highest BCUT2D eigenvalue weighted by Crippen LogP contribution is 2.21. The van der Waals surface area contributed by atoms with Gasteiger partial charge in [-0.3, -0.25) is 4.90 Å². The van der Waals surface area contributed by atoms with Crippen LogP contribution in [0.1, 0.15) is 30.4 Å². The molecule has 0 atom stereocenters. The Morgan fingerprint density at radius 1 is 1.33 bits per heavy atom. The summed E-state index contributed by atoms with van der Waals surface area (Å²) in [6.45, 7) is 2.84. The number of likely N-dealkylation sites (tertiary alicyclic amines) is 1. The molecule has 1 aliphatic rings. The molecule has 0 bridgehead atoms. The first-order valence-corrected chi connectivity index (χ1v) is 6.45. The Hall–Kier alpha value is -1.00. The van der Waals surface area contributed by atoms with E-state index < -0.39 is 6.43 Å². The lowest BCUT2D eigenvalue weighted by molar-refractivity contribution is 0.151. The number of nitrogens with one attached hydrogen (secondary N) is 1. The predicted molar refractivity (Wildman–Crippen MR) is 68.8 cm³/mol. The van der Waals surface area contributed by atoms with Crippen LogP contribution in [0.25, 0.3) is 0 Å². The molecule has 2 nitrogen and oxygen atoms in total. The van der Waals surface area contributed by atoms with Crippen molar-refractivity contribution in [2.45, 2.75) is 31.9 Å². The van der Waals surface area contributed by atoms with Gasteiger partial charge in [-0.2, -0.15) is 0 Å². The molecule has 0 aromatic heterocycles. The van der Waals surface area contributed by atoms with Crippen molar-refractivity contribution in [3.05, 3.63) is 35.4 Å². The molecule has 1 N–H and O–H groups in total. The monoisotopic (exact) mass is 254 g/mol. The van der Waals surface area contributed by atoms with E-state index in [2.05, 4.69) is 10.2 Å². The van der Waals surface area contributed by atoms with Crippen LogP contribution in [0.5, 0.6) is 0 Å². The number of hydrogen-bond donors (Lipinski definition) is 1. The molecule has 2 rings (SSSR count). The van der Waals surface area contributed by atoms with Crippen molar-refractivity contribution in [3.8, 4) is 0 Å². The summed E-state index contributed by atoms with van der Waals surface area (Å²) in [5.74, 6) is 0. The SMILES string of the molecule is CNC1CCN(Cc2cccc(C(F)F)c2)CC1. The van der Waals surface area contributed by atoms with Crippen molar-refractivity contribution in [2.24, 2.45) is 0 Å². The van der Waals surface area contributed by atoms with Gasteiger partial charge in [-0.1, -0.05) is 18.2 Å². The van der Waals surface area contributed by atoms with Gasteiger partial charge in [0.25, 0.3) is 6.43 Å². The van der Waals surface area contributed by atoms with Crippen molar-refractivity contribution in [1.82, 2.24) is 10.2 Å². The maximum atomic E-state index is 12.6. The van der Waals surface area contributed by atoms with Crippen molar-refractivity contribution in [1.29, 1.82) is 0 Å². The Morgan fingerprint density at radius 2 is 2.06 bits per heavy atom. The van der Waals surface area contributed by atoms with Crippen molar-refractivity contribution >= 4 is 0 Å². The van der Waals surface area contributed by atoms with Gasteiger partial charge in [-0.25, -0.2) is 8.78 Å². The Balaban J connectivity index is 1.92. The molecule has 1 aliphatic heterocycles. The zero-order valence-corrected chi connectivity index (χ0v) is 10.7. The third-order valence-electron chi connectivity index (χ3n) is 3.61. The second-order valence-corrected chi connectivity index (χ2v) is 4.88. The van der Waals surface area contributed by atoms with Crippen molar-refractivity contribution in [3.63, 3.8) is 0 Å². The van der Waals surface area contributed by atoms with E-state index in [9.17, 15) is 8.78 Å². The van der Waals surface area contributed by atoms with Crippen LogP contribution in [0.3, 0.4) is 0 Å². The highest BCUT2D eigenvalue weighted by molar-refractivity contribution is 5.24. The largest absolute Gasteiger partial charge is 0.317 e. The molecular weight excluding hydrogens is 234 g/mol. The van der Waals surface area contributed by atoms with E-state index in [0.29, 0.717) is 6.04 Å². The standard InChI is InChI=1S/C14H20F2N2/c1-17-13-5-7-18(8-6-13)10-11-3-2-4-12(9-11)14(15)16/h2-4,9,13-14,17H,5-8,10H2,1H3. The Kier molecular flexibility index (Phi) is 4.66. The van der Waals surface area contributed by atoms with Gasteiger partial charge in [0.2, 0.25) is 0 Å². The molecule has 1 heterocycles. The molecule has 100 valence electrons. The van der Waals surface area contributed by atoms with E-state index in [1.165, 1.54) is 6.07 Å². The van der Waals surface area contributed by atoms with Crippen LogP contribution in [0.4, 0.5) is 8.78 Å². The highest BCUT2D eigenvalue weighted by atomic mass is 19.3. The average molecular weight is 254 g/mol. The minimum Gasteiger partial charge on any atom is -0.317 e. The first kappa shape index (κ1) is 13.4. The lowest BCUT2D eigenvalue weighted by atomic mass is 10.0. The fourth-order valence-electron chi connectivity index (χ4n) is 2.47. The molecule has 0 unspecified atom stereocenters. The van der Waals surface area contributed by atoms with E-state index in [-0.39, 0.29) is 5.56 Å². The van der Waals surface area contributed by atoms with Gasteiger partial charge in [-0.05, 0) is 44.6 Å². The van der Waals surface area contributed by atoms with Crippen LogP contribution in [0.15, 0.2) is 24.3 Å². The summed E-state index contributed by atoms with van der Waals surface area (Å²) >= 11 is 0. The van der Waals surface area contributed by atoms with E-state index in [0.717, 1.165) is 38.0 Å². The number of piperidine rings is 1. The summed E-state index contributed by atoms with van der Waals surface area (Å²) < 4.78 is 25.2. The Morgan fingerprint density at radius 3 is 2.67 bits per heavy atom. The molecular formula is C14H20F2N2. The van der Waals surface area contributed by atoms with Gasteiger partial charge in [0.1, 0.15) is 0 Å². The first-order valence-electron chi connectivity index (χ1n) is 6.45. The van der Waals surface area contributed by atoms with Crippen LogP contribution < -0.4 is 5.32 Å². The molecule has 1 saturated heterocycles. The van der Waals surface area contributed by atoms with Gasteiger partial charge in [0.15, 0.2) is 0 Å². The summed E-state index contributed by atoms with van der Waals surface area (Å²) in [4.78, 5) is 2.33. The molecule has 0 radical (unpaired) electrons. The maximum Gasteiger partial charge on any atom is 0.263 e. The molecule has 1 aromatic carbocycles. The normalized spacial score (nSPS) is 18.4. The van der Waals surface area contributed by atoms with Crippen molar-refractivity contribution in [2.75, 3.05) is 20.1 Å². The third-order valence-corrected chi connectivity index (χ3v) is 3.61. The van der Waals surface area contributed by atoms with Gasteiger partial charge >= 0.3 is 0 Å². The highest BCUT2D eigenvalue weighted by Gasteiger charge is 2.18. The lowest BCUT2D eigenvalue weighted by Gasteiger charge is -2.31. The number of benzene rings is 1. The molecule has 1 fully saturated rings. The minimum absolute atomic E-state index is 0.123. The number of alkyl halides is 2. The molecule has 1 aromatic rings. The molecule has 4 heteroatoms. The van der Waals surface area contributed by atoms with E-state index in [4.69, 9.17) is 0 Å². The molecule has 18 heavy (non-hydrogen) atoms. The van der Waals surface area contributed by atoms with Gasteiger partial charge in [-0.15, -0.1) is 0 Å². The third kappa shape index (κ3) is 3.50. The van der Waals surface area contributed by atoms with E-state index in [1.54, 1.807) is 12.1 Å². The smallest absolute Gasteiger partial charge is 0.263 e. The second-order valence-electron chi connectivity index (χ2n) is 4.88. The summed E-state index contributed by atoms with van der Waals surface area (Å²) in [7, 11) is 1.99. The molecule has 0 amide bonds. The molecule has 0 spiro atoms. The van der Waals surface area contributed by atoms with Crippen molar-refractivity contribution < 1.29 is 8.78 Å². The number of rotatable bonds is 4. The molecule has 0 aliphatic carbocycles. The number of nitrogens with zero attached hydrogens (tertiary/aromatic N) is 1. The summed E-state index contributed by atoms with van der Waals surface area (Å²) in [6.07, 6.45) is -0.115. The van der Waals surface area contributed by atoms with Crippen LogP contribution in [-0.2, 0) is 6.54 Å². The number of halogens is 2. The first-order chi connectivity index (χ1) is 8.69. The average Bonchev–Trinajstić information content (AvgIpc) is 2.40. The maximum absolute atomic E-state index is 12.6. The zero-order chi connectivity index (χ0) is 13.0. The van der Waals surface area contributed by atoms with Crippen LogP contribution in [-0.4, -0.2) is 31.1 Å². The van der Waals surface area contributed by atoms with Crippen LogP contribution in [0, 0.1) is 0 Å². The lowest BCUT2D eigenvalue weighted by Crippen LogP contribution is -2.40. The summed E-state index contributed by atoms with van der Waals surface area (Å²) in [5, 5.41) is 3.29. The van der Waals surface area contributed by atoms with Gasteiger partial charge in [0.05, 0.1) is 0 Å². The zero-order valence-electron chi connectivity index (χ0n) is 10.7. The van der Waals surface area contributed by atoms with Crippen LogP contribution >= 0.6 is 0 Å². The Labute approximate surface area is 107 Å². The Bertz CT molecular complexity index is 374. The number of hydrogen-bond acceptors (Lipinski definition) is 2. The quantitative estimate of drug-likeness (QED) is 0.889. The van der Waals surface area contributed by atoms with Gasteiger partial charge in [0, 0.05) is 18.2 Å². The summed E-state index contributed by atoms with van der Waals surface area (Å²) in [6, 6.07) is 7.36. The second kappa shape index (κ2) is 6.25. The summed E-state index contributed by atoms with van der Waals surface area (Å²) in [5.41, 5.74) is 1.10. The minimum atomic E-state index is -2.38. The fourth-order valence-corrected chi connectivity index (χ4v) is 2.47. The van der Waals surface area contributed by atoms with Gasteiger partial charge < -0.3 is 5.32 Å². The van der Waals surface area contributed by atoms with Crippen LogP contribution in [0.2, 0.25) is 0 Å². The van der Waals surface area contributed by atoms with E-state index >= 15 is 0 Å². The molecule has 0 saturated carbocycles. The topological polar surface area (TPSA) is 15.3 Å². The van der Waals surface area contributed by atoms with E-state index in [1.807, 2.05) is 13.1 Å². The predicted octanol–water partition coefficient (Wildman–Crippen LogP) is 2.81.